The van der Waals surface area contributed by atoms with Crippen LogP contribution >= 0.6 is 0 Å². The van der Waals surface area contributed by atoms with Crippen LogP contribution in [0.3, 0.4) is 0 Å². The summed E-state index contributed by atoms with van der Waals surface area (Å²) in [5.74, 6) is -0.175. The summed E-state index contributed by atoms with van der Waals surface area (Å²) in [7, 11) is 0. The van der Waals surface area contributed by atoms with E-state index < -0.39 is 0 Å². The summed E-state index contributed by atoms with van der Waals surface area (Å²) in [4.78, 5) is 4.62. The first kappa shape index (κ1) is 43.7. The average Bonchev–Trinajstić information content (AvgIpc) is 3.37. The van der Waals surface area contributed by atoms with Crippen molar-refractivity contribution in [3.8, 4) is 44.9 Å². The van der Waals surface area contributed by atoms with Crippen molar-refractivity contribution in [2.75, 3.05) is 9.80 Å². The molecule has 4 heteroatoms. The van der Waals surface area contributed by atoms with E-state index in [1.165, 1.54) is 44.6 Å². The summed E-state index contributed by atoms with van der Waals surface area (Å²) in [6, 6.07) is 54.3. The summed E-state index contributed by atoms with van der Waals surface area (Å²) < 4.78 is 0. The molecule has 0 fully saturated rings. The van der Waals surface area contributed by atoms with Gasteiger partial charge in [0.05, 0.1) is 11.4 Å². The Morgan fingerprint density at radius 1 is 0.333 bits per heavy atom. The number of phenols is 2. The van der Waals surface area contributed by atoms with Crippen molar-refractivity contribution in [1.29, 1.82) is 0 Å². The zero-order valence-electron chi connectivity index (χ0n) is 39.4. The smallest absolute Gasteiger partial charge is 0.162 e. The van der Waals surface area contributed by atoms with Gasteiger partial charge in [-0.25, -0.2) is 0 Å². The second-order valence-corrected chi connectivity index (χ2v) is 17.8. The first-order valence-corrected chi connectivity index (χ1v) is 23.0. The Bertz CT molecular complexity index is 3080. The van der Waals surface area contributed by atoms with Crippen molar-refractivity contribution in [2.45, 2.75) is 68.2 Å². The topological polar surface area (TPSA) is 46.9 Å². The fourth-order valence-corrected chi connectivity index (χ4v) is 9.62. The number of aromatic hydroxyl groups is 2. The normalized spacial score (nSPS) is 12.3. The van der Waals surface area contributed by atoms with Gasteiger partial charge in [0.25, 0.3) is 0 Å². The predicted molar refractivity (Wildman–Crippen MR) is 280 cm³/mol. The molecule has 0 saturated heterocycles. The number of phenolic OH excluding ortho intramolecular Hbond substituents is 2. The number of allylic oxidation sites excluding steroid dienone is 4. The molecule has 1 aliphatic carbocycles. The van der Waals surface area contributed by atoms with Crippen molar-refractivity contribution in [3.05, 3.63) is 220 Å². The lowest BCUT2D eigenvalue weighted by atomic mass is 9.91. The van der Waals surface area contributed by atoms with E-state index in [0.717, 1.165) is 80.2 Å². The molecule has 9 rings (SSSR count). The fraction of sp³-hybridized carbons (Fsp3) is 0.161. The monoisotopic (exact) mass is 862 g/mol. The van der Waals surface area contributed by atoms with Crippen LogP contribution in [-0.2, 0) is 0 Å². The van der Waals surface area contributed by atoms with Gasteiger partial charge in [-0.2, -0.15) is 0 Å². The molecule has 0 unspecified atom stereocenters. The van der Waals surface area contributed by atoms with E-state index in [0.29, 0.717) is 11.1 Å². The maximum absolute atomic E-state index is 11.1. The zero-order chi connectivity index (χ0) is 46.2. The van der Waals surface area contributed by atoms with Gasteiger partial charge < -0.3 is 20.0 Å². The van der Waals surface area contributed by atoms with Gasteiger partial charge in [0, 0.05) is 28.3 Å². The van der Waals surface area contributed by atoms with Crippen LogP contribution in [0.25, 0.3) is 39.0 Å². The minimum absolute atomic E-state index is 0.0763. The minimum Gasteiger partial charge on any atom is -0.504 e. The molecular formula is C62H58N2O2. The molecule has 1 aliphatic rings. The van der Waals surface area contributed by atoms with Gasteiger partial charge in [0.1, 0.15) is 0 Å². The predicted octanol–water partition coefficient (Wildman–Crippen LogP) is 17.2. The molecule has 0 aliphatic heterocycles. The Morgan fingerprint density at radius 2 is 0.697 bits per heavy atom. The number of anilines is 6. The minimum atomic E-state index is -0.0989. The van der Waals surface area contributed by atoms with Crippen LogP contribution in [0.15, 0.2) is 170 Å². The van der Waals surface area contributed by atoms with Gasteiger partial charge >= 0.3 is 0 Å². The van der Waals surface area contributed by atoms with E-state index in [4.69, 9.17) is 0 Å². The maximum atomic E-state index is 11.1. The molecule has 8 aromatic carbocycles. The third-order valence-electron chi connectivity index (χ3n) is 14.1. The van der Waals surface area contributed by atoms with Crippen LogP contribution in [0.1, 0.15) is 62.9 Å². The molecule has 0 spiro atoms. The van der Waals surface area contributed by atoms with Crippen LogP contribution in [0.2, 0.25) is 0 Å². The van der Waals surface area contributed by atoms with E-state index in [2.05, 4.69) is 208 Å². The summed E-state index contributed by atoms with van der Waals surface area (Å²) in [6.07, 6.45) is 9.04. The molecule has 4 nitrogen and oxygen atoms in total. The second kappa shape index (κ2) is 18.1. The van der Waals surface area contributed by atoms with E-state index in [9.17, 15) is 10.2 Å². The van der Waals surface area contributed by atoms with Crippen molar-refractivity contribution >= 4 is 39.7 Å². The van der Waals surface area contributed by atoms with Crippen molar-refractivity contribution in [3.63, 3.8) is 0 Å². The molecule has 66 heavy (non-hydrogen) atoms. The van der Waals surface area contributed by atoms with Gasteiger partial charge in [0.2, 0.25) is 0 Å². The highest BCUT2D eigenvalue weighted by molar-refractivity contribution is 5.87. The van der Waals surface area contributed by atoms with Crippen LogP contribution in [0.4, 0.5) is 34.1 Å². The van der Waals surface area contributed by atoms with E-state index >= 15 is 0 Å². The summed E-state index contributed by atoms with van der Waals surface area (Å²) >= 11 is 0. The highest BCUT2D eigenvalue weighted by Crippen LogP contribution is 2.48. The van der Waals surface area contributed by atoms with Crippen LogP contribution in [0.5, 0.6) is 11.5 Å². The summed E-state index contributed by atoms with van der Waals surface area (Å²) in [6.45, 7) is 17.0. The summed E-state index contributed by atoms with van der Waals surface area (Å²) in [5, 5.41) is 21.9. The molecule has 0 bridgehead atoms. The van der Waals surface area contributed by atoms with Gasteiger partial charge in [-0.3, -0.25) is 0 Å². The highest BCUT2D eigenvalue weighted by Gasteiger charge is 2.25. The molecule has 0 atom stereocenters. The SMILES string of the molecule is Cc1c(C)c(C)c(N(c2ccc(C3=CCCC=C3)cc2)c2ccc(-c3cccc(-c4ccc(N(c5ccc(-c6ccccc6)cc5)c5c(C)c(C)c(O)c(O)c5C)cc4)c3)cc2)c(C)c1C. The molecule has 0 heterocycles. The Kier molecular flexibility index (Phi) is 12.0. The van der Waals surface area contributed by atoms with Crippen LogP contribution in [0, 0.1) is 55.4 Å². The average molecular weight is 863 g/mol. The molecule has 0 saturated carbocycles. The van der Waals surface area contributed by atoms with Crippen LogP contribution in [-0.4, -0.2) is 10.2 Å². The number of hydrogen-bond acceptors (Lipinski definition) is 4. The zero-order valence-corrected chi connectivity index (χ0v) is 39.4. The lowest BCUT2D eigenvalue weighted by Gasteiger charge is -2.31. The van der Waals surface area contributed by atoms with E-state index in [-0.39, 0.29) is 11.5 Å². The molecule has 8 aromatic rings. The van der Waals surface area contributed by atoms with Crippen molar-refractivity contribution in [1.82, 2.24) is 0 Å². The van der Waals surface area contributed by atoms with Crippen molar-refractivity contribution < 1.29 is 10.2 Å². The molecule has 0 aromatic heterocycles. The van der Waals surface area contributed by atoms with Gasteiger partial charge in [-0.05, 0) is 206 Å². The van der Waals surface area contributed by atoms with Gasteiger partial charge in [-0.15, -0.1) is 0 Å². The Hall–Kier alpha value is -7.56. The largest absolute Gasteiger partial charge is 0.504 e. The molecule has 328 valence electrons. The Morgan fingerprint density at radius 3 is 1.15 bits per heavy atom. The quantitative estimate of drug-likeness (QED) is 0.135. The number of rotatable bonds is 10. The first-order chi connectivity index (χ1) is 31.9. The third-order valence-corrected chi connectivity index (χ3v) is 14.1. The van der Waals surface area contributed by atoms with Crippen molar-refractivity contribution in [2.24, 2.45) is 0 Å². The lowest BCUT2D eigenvalue weighted by molar-refractivity contribution is 0.398. The number of benzene rings is 8. The molecule has 0 amide bonds. The summed E-state index contributed by atoms with van der Waals surface area (Å²) in [5.41, 5.74) is 24.3. The standard InChI is InChI=1S/C62H58N2O2/c1-39-40(2)42(4)59(43(5)41(39)3)63(55-30-22-49(23-31-55)47-16-11-9-12-17-47)56-34-26-51(27-35-56)53-20-15-21-54(38-53)52-28-36-58(37-29-52)64(60-44(6)45(7)61(65)62(66)46(60)8)57-32-24-50(25-33-57)48-18-13-10-14-19-48/h10-11,13-38,65-66H,9,12H2,1-8H3. The second-order valence-electron chi connectivity index (χ2n) is 17.8. The number of nitrogens with zero attached hydrogens (tertiary/aromatic N) is 2. The third kappa shape index (κ3) is 8.09. The Balaban J connectivity index is 1.05. The molecule has 0 radical (unpaired) electrons. The van der Waals surface area contributed by atoms with Gasteiger partial charge in [0.15, 0.2) is 11.5 Å². The first-order valence-electron chi connectivity index (χ1n) is 23.0. The number of hydrogen-bond donors (Lipinski definition) is 2. The van der Waals surface area contributed by atoms with Crippen LogP contribution < -0.4 is 9.80 Å². The molecule has 2 N–H and O–H groups in total. The maximum Gasteiger partial charge on any atom is 0.162 e. The van der Waals surface area contributed by atoms with Gasteiger partial charge in [-0.1, -0.05) is 115 Å². The lowest BCUT2D eigenvalue weighted by Crippen LogP contribution is -2.15. The molecular weight excluding hydrogens is 805 g/mol. The highest BCUT2D eigenvalue weighted by atomic mass is 16.3. The van der Waals surface area contributed by atoms with E-state index in [1.807, 2.05) is 26.8 Å². The fourth-order valence-electron chi connectivity index (χ4n) is 9.62. The van der Waals surface area contributed by atoms with E-state index in [1.54, 1.807) is 0 Å². The Labute approximate surface area is 391 Å².